The second kappa shape index (κ2) is 6.63. The zero-order valence-corrected chi connectivity index (χ0v) is 13.0. The highest BCUT2D eigenvalue weighted by Crippen LogP contribution is 2.30. The van der Waals surface area contributed by atoms with Crippen LogP contribution in [-0.2, 0) is 15.6 Å². The van der Waals surface area contributed by atoms with Crippen molar-refractivity contribution >= 4 is 39.0 Å². The summed E-state index contributed by atoms with van der Waals surface area (Å²) in [5.74, 6) is 0.576. The highest BCUT2D eigenvalue weighted by molar-refractivity contribution is 7.99. The SMILES string of the molecule is CC(=O)c1cc(Cl)cc(CSCCS(C)(=O)=O)c1O. The molecule has 7 heteroatoms. The molecule has 0 radical (unpaired) electrons. The maximum absolute atomic E-state index is 11.3. The third kappa shape index (κ3) is 5.42. The molecule has 19 heavy (non-hydrogen) atoms. The smallest absolute Gasteiger partial charge is 0.163 e. The average Bonchev–Trinajstić information content (AvgIpc) is 2.26. The van der Waals surface area contributed by atoms with E-state index < -0.39 is 9.84 Å². The number of thioether (sulfide) groups is 1. The molecule has 0 aliphatic heterocycles. The Labute approximate surface area is 122 Å². The maximum atomic E-state index is 11.3. The molecule has 0 spiro atoms. The third-order valence-electron chi connectivity index (χ3n) is 2.39. The molecule has 1 rings (SSSR count). The van der Waals surface area contributed by atoms with Crippen molar-refractivity contribution in [2.24, 2.45) is 0 Å². The van der Waals surface area contributed by atoms with E-state index in [9.17, 15) is 18.3 Å². The van der Waals surface area contributed by atoms with E-state index in [4.69, 9.17) is 11.6 Å². The van der Waals surface area contributed by atoms with Gasteiger partial charge >= 0.3 is 0 Å². The Morgan fingerprint density at radius 3 is 2.58 bits per heavy atom. The Kier molecular flexibility index (Phi) is 5.70. The van der Waals surface area contributed by atoms with Crippen molar-refractivity contribution in [3.8, 4) is 5.75 Å². The molecule has 0 amide bonds. The lowest BCUT2D eigenvalue weighted by atomic mass is 10.1. The summed E-state index contributed by atoms with van der Waals surface area (Å²) < 4.78 is 22.0. The van der Waals surface area contributed by atoms with Crippen LogP contribution in [0.1, 0.15) is 22.8 Å². The Balaban J connectivity index is 2.76. The molecule has 0 unspecified atom stereocenters. The minimum absolute atomic E-state index is 0.0799. The van der Waals surface area contributed by atoms with Crippen molar-refractivity contribution in [3.63, 3.8) is 0 Å². The number of carbonyl (C=O) groups excluding carboxylic acids is 1. The molecule has 0 aromatic heterocycles. The third-order valence-corrected chi connectivity index (χ3v) is 4.82. The van der Waals surface area contributed by atoms with Gasteiger partial charge in [-0.25, -0.2) is 8.42 Å². The van der Waals surface area contributed by atoms with Gasteiger partial charge in [0.15, 0.2) is 5.78 Å². The number of hydrogen-bond acceptors (Lipinski definition) is 5. The molecular formula is C12H15ClO4S2. The van der Waals surface area contributed by atoms with Crippen LogP contribution in [0.5, 0.6) is 5.75 Å². The van der Waals surface area contributed by atoms with E-state index in [-0.39, 0.29) is 22.8 Å². The highest BCUT2D eigenvalue weighted by atomic mass is 35.5. The summed E-state index contributed by atoms with van der Waals surface area (Å²) in [7, 11) is -2.98. The number of ketones is 1. The predicted molar refractivity (Wildman–Crippen MR) is 79.0 cm³/mol. The summed E-state index contributed by atoms with van der Waals surface area (Å²) in [5.41, 5.74) is 0.724. The van der Waals surface area contributed by atoms with E-state index in [1.165, 1.54) is 31.0 Å². The first-order chi connectivity index (χ1) is 8.70. The lowest BCUT2D eigenvalue weighted by Crippen LogP contribution is -2.05. The van der Waals surface area contributed by atoms with Gasteiger partial charge < -0.3 is 5.11 Å². The number of phenolic OH excluding ortho intramolecular Hbond substituents is 1. The largest absolute Gasteiger partial charge is 0.507 e. The first-order valence-corrected chi connectivity index (χ1v) is 9.08. The molecule has 0 heterocycles. The van der Waals surface area contributed by atoms with Crippen molar-refractivity contribution < 1.29 is 18.3 Å². The van der Waals surface area contributed by atoms with Crippen LogP contribution >= 0.6 is 23.4 Å². The highest BCUT2D eigenvalue weighted by Gasteiger charge is 2.13. The number of sulfone groups is 1. The molecule has 0 saturated heterocycles. The number of halogens is 1. The molecule has 0 aliphatic carbocycles. The van der Waals surface area contributed by atoms with Crippen molar-refractivity contribution in [3.05, 3.63) is 28.3 Å². The van der Waals surface area contributed by atoms with Gasteiger partial charge in [0.25, 0.3) is 0 Å². The molecular weight excluding hydrogens is 308 g/mol. The van der Waals surface area contributed by atoms with Crippen LogP contribution in [0.25, 0.3) is 0 Å². The number of Topliss-reactive ketones (excluding diaryl/α,β-unsaturated/α-hetero) is 1. The first-order valence-electron chi connectivity index (χ1n) is 5.48. The fourth-order valence-electron chi connectivity index (χ4n) is 1.43. The lowest BCUT2D eigenvalue weighted by Gasteiger charge is -2.09. The van der Waals surface area contributed by atoms with E-state index in [0.29, 0.717) is 22.1 Å². The van der Waals surface area contributed by atoms with Crippen molar-refractivity contribution in [2.45, 2.75) is 12.7 Å². The second-order valence-corrected chi connectivity index (χ2v) is 8.00. The molecule has 0 bridgehead atoms. The fraction of sp³-hybridized carbons (Fsp3) is 0.417. The molecule has 1 aromatic carbocycles. The standard InChI is InChI=1S/C12H15ClO4S2/c1-8(14)11-6-10(13)5-9(12(11)15)7-18-3-4-19(2,16)17/h5-6,15H,3-4,7H2,1-2H3. The van der Waals surface area contributed by atoms with Gasteiger partial charge in [0.1, 0.15) is 15.6 Å². The van der Waals surface area contributed by atoms with Crippen molar-refractivity contribution in [1.82, 2.24) is 0 Å². The van der Waals surface area contributed by atoms with Crippen LogP contribution in [0.4, 0.5) is 0 Å². The fourth-order valence-corrected chi connectivity index (χ4v) is 3.93. The van der Waals surface area contributed by atoms with E-state index in [1.54, 1.807) is 6.07 Å². The lowest BCUT2D eigenvalue weighted by molar-refractivity contribution is 0.101. The molecule has 106 valence electrons. The summed E-state index contributed by atoms with van der Waals surface area (Å²) >= 11 is 7.25. The summed E-state index contributed by atoms with van der Waals surface area (Å²) in [5, 5.41) is 10.3. The number of benzene rings is 1. The molecule has 1 aromatic rings. The maximum Gasteiger partial charge on any atom is 0.163 e. The number of carbonyl (C=O) groups is 1. The van der Waals surface area contributed by atoms with E-state index in [0.717, 1.165) is 0 Å². The molecule has 4 nitrogen and oxygen atoms in total. The van der Waals surface area contributed by atoms with Crippen LogP contribution in [0.2, 0.25) is 5.02 Å². The van der Waals surface area contributed by atoms with Gasteiger partial charge in [0, 0.05) is 28.3 Å². The zero-order valence-electron chi connectivity index (χ0n) is 10.6. The van der Waals surface area contributed by atoms with Crippen LogP contribution < -0.4 is 0 Å². The zero-order chi connectivity index (χ0) is 14.6. The normalized spacial score (nSPS) is 11.5. The predicted octanol–water partition coefficient (Wildman–Crippen LogP) is 2.53. The summed E-state index contributed by atoms with van der Waals surface area (Å²) in [6, 6.07) is 3.00. The quantitative estimate of drug-likeness (QED) is 0.643. The van der Waals surface area contributed by atoms with Gasteiger partial charge in [-0.05, 0) is 19.1 Å². The Morgan fingerprint density at radius 2 is 2.05 bits per heavy atom. The Morgan fingerprint density at radius 1 is 1.42 bits per heavy atom. The van der Waals surface area contributed by atoms with E-state index in [2.05, 4.69) is 0 Å². The molecule has 1 N–H and O–H groups in total. The summed E-state index contributed by atoms with van der Waals surface area (Å²) in [6.45, 7) is 1.35. The number of rotatable bonds is 6. The number of phenols is 1. The van der Waals surface area contributed by atoms with Gasteiger partial charge in [-0.1, -0.05) is 11.6 Å². The average molecular weight is 323 g/mol. The number of hydrogen-bond donors (Lipinski definition) is 1. The minimum atomic E-state index is -2.98. The van der Waals surface area contributed by atoms with Crippen LogP contribution in [0, 0.1) is 0 Å². The van der Waals surface area contributed by atoms with Crippen LogP contribution in [-0.4, -0.2) is 37.1 Å². The Hall–Kier alpha value is -0.720. The Bertz CT molecular complexity index is 582. The van der Waals surface area contributed by atoms with Gasteiger partial charge in [-0.15, -0.1) is 0 Å². The van der Waals surface area contributed by atoms with Crippen molar-refractivity contribution in [2.75, 3.05) is 17.8 Å². The van der Waals surface area contributed by atoms with Gasteiger partial charge in [0.05, 0.1) is 11.3 Å². The molecule has 0 saturated carbocycles. The van der Waals surface area contributed by atoms with Gasteiger partial charge in [-0.2, -0.15) is 11.8 Å². The van der Waals surface area contributed by atoms with Gasteiger partial charge in [0.2, 0.25) is 0 Å². The molecule has 0 aliphatic rings. The van der Waals surface area contributed by atoms with Gasteiger partial charge in [-0.3, -0.25) is 4.79 Å². The monoisotopic (exact) mass is 322 g/mol. The number of aromatic hydroxyl groups is 1. The van der Waals surface area contributed by atoms with E-state index >= 15 is 0 Å². The van der Waals surface area contributed by atoms with Crippen LogP contribution in [0.3, 0.4) is 0 Å². The summed E-state index contributed by atoms with van der Waals surface area (Å²) in [4.78, 5) is 11.3. The first kappa shape index (κ1) is 16.3. The summed E-state index contributed by atoms with van der Waals surface area (Å²) in [6.07, 6.45) is 1.18. The topological polar surface area (TPSA) is 71.4 Å². The molecule has 0 atom stereocenters. The van der Waals surface area contributed by atoms with Crippen LogP contribution in [0.15, 0.2) is 12.1 Å². The van der Waals surface area contributed by atoms with Crippen molar-refractivity contribution in [1.29, 1.82) is 0 Å². The molecule has 0 fully saturated rings. The minimum Gasteiger partial charge on any atom is -0.507 e. The van der Waals surface area contributed by atoms with E-state index in [1.807, 2.05) is 0 Å². The second-order valence-electron chi connectivity index (χ2n) is 4.20.